The highest BCUT2D eigenvalue weighted by molar-refractivity contribution is 7.21. The van der Waals surface area contributed by atoms with E-state index in [9.17, 15) is 9.18 Å². The third-order valence-corrected chi connectivity index (χ3v) is 5.69. The molecule has 1 aliphatic heterocycles. The van der Waals surface area contributed by atoms with E-state index in [0.29, 0.717) is 6.42 Å². The second-order valence-corrected chi connectivity index (χ2v) is 7.48. The lowest BCUT2D eigenvalue weighted by atomic mass is 10.1. The zero-order valence-electron chi connectivity index (χ0n) is 13.9. The largest absolute Gasteiger partial charge is 0.342 e. The predicted octanol–water partition coefficient (Wildman–Crippen LogP) is 4.66. The molecule has 0 radical (unpaired) electrons. The first kappa shape index (κ1) is 16.2. The molecule has 1 aromatic heterocycles. The van der Waals surface area contributed by atoms with Gasteiger partial charge in [-0.05, 0) is 61.2 Å². The average Bonchev–Trinajstić information content (AvgIpc) is 3.06. The first-order valence-electron chi connectivity index (χ1n) is 8.62. The van der Waals surface area contributed by atoms with Crippen LogP contribution >= 0.6 is 11.3 Å². The van der Waals surface area contributed by atoms with Gasteiger partial charge in [0.05, 0.1) is 16.6 Å². The van der Waals surface area contributed by atoms with E-state index >= 15 is 0 Å². The monoisotopic (exact) mass is 354 g/mol. The lowest BCUT2D eigenvalue weighted by molar-refractivity contribution is -0.131. The van der Waals surface area contributed by atoms with Crippen molar-refractivity contribution in [3.63, 3.8) is 0 Å². The van der Waals surface area contributed by atoms with Gasteiger partial charge in [-0.2, -0.15) is 0 Å². The number of carbonyl (C=O) groups excluding carboxylic acids is 1. The zero-order valence-corrected chi connectivity index (χ0v) is 14.7. The Kier molecular flexibility index (Phi) is 4.49. The van der Waals surface area contributed by atoms with Crippen molar-refractivity contribution in [2.45, 2.75) is 25.7 Å². The van der Waals surface area contributed by atoms with Crippen molar-refractivity contribution < 1.29 is 9.18 Å². The maximum Gasteiger partial charge on any atom is 0.226 e. The smallest absolute Gasteiger partial charge is 0.226 e. The summed E-state index contributed by atoms with van der Waals surface area (Å²) in [5.74, 6) is -0.0450. The molecule has 0 atom stereocenters. The summed E-state index contributed by atoms with van der Waals surface area (Å²) in [4.78, 5) is 19.1. The molecule has 1 amide bonds. The number of benzene rings is 2. The molecule has 0 N–H and O–H groups in total. The van der Waals surface area contributed by atoms with Crippen molar-refractivity contribution in [2.24, 2.45) is 0 Å². The first-order valence-corrected chi connectivity index (χ1v) is 9.44. The molecule has 2 aromatic carbocycles. The molecule has 128 valence electrons. The number of halogens is 1. The Morgan fingerprint density at radius 1 is 1.08 bits per heavy atom. The van der Waals surface area contributed by atoms with Crippen molar-refractivity contribution in [1.29, 1.82) is 0 Å². The lowest BCUT2D eigenvalue weighted by Gasteiger charge is -2.26. The van der Waals surface area contributed by atoms with E-state index in [2.05, 4.69) is 4.98 Å². The molecular weight excluding hydrogens is 335 g/mol. The molecule has 3 nitrogen and oxygen atoms in total. The molecule has 0 saturated carbocycles. The van der Waals surface area contributed by atoms with Gasteiger partial charge in [0.25, 0.3) is 0 Å². The van der Waals surface area contributed by atoms with Crippen LogP contribution in [-0.2, 0) is 11.2 Å². The second-order valence-electron chi connectivity index (χ2n) is 6.45. The molecule has 0 unspecified atom stereocenters. The van der Waals surface area contributed by atoms with Crippen molar-refractivity contribution in [2.75, 3.05) is 13.1 Å². The average molecular weight is 354 g/mol. The normalized spacial score (nSPS) is 14.8. The van der Waals surface area contributed by atoms with Crippen LogP contribution in [0.25, 0.3) is 20.8 Å². The van der Waals surface area contributed by atoms with Crippen LogP contribution in [0.3, 0.4) is 0 Å². The van der Waals surface area contributed by atoms with Crippen LogP contribution in [0, 0.1) is 5.82 Å². The van der Waals surface area contributed by atoms with Crippen LogP contribution in [-0.4, -0.2) is 28.9 Å². The lowest BCUT2D eigenvalue weighted by Crippen LogP contribution is -2.36. The number of nitrogens with zero attached hydrogens (tertiary/aromatic N) is 2. The standard InChI is InChI=1S/C20H19FN2OS/c21-16-7-5-15(6-8-16)20-22-17-12-14(4-9-18(17)25-20)13-19(24)23-10-2-1-3-11-23/h4-9,12H,1-3,10-11,13H2. The Hall–Kier alpha value is -2.27. The van der Waals surface area contributed by atoms with Crippen LogP contribution in [0.4, 0.5) is 4.39 Å². The summed E-state index contributed by atoms with van der Waals surface area (Å²) >= 11 is 1.58. The van der Waals surface area contributed by atoms with Crippen molar-refractivity contribution in [1.82, 2.24) is 9.88 Å². The third-order valence-electron chi connectivity index (χ3n) is 4.61. The summed E-state index contributed by atoms with van der Waals surface area (Å²) in [6.07, 6.45) is 3.87. The van der Waals surface area contributed by atoms with Gasteiger partial charge in [-0.3, -0.25) is 4.79 Å². The summed E-state index contributed by atoms with van der Waals surface area (Å²) < 4.78 is 14.2. The van der Waals surface area contributed by atoms with Gasteiger partial charge >= 0.3 is 0 Å². The van der Waals surface area contributed by atoms with Crippen LogP contribution < -0.4 is 0 Å². The quantitative estimate of drug-likeness (QED) is 0.685. The maximum absolute atomic E-state index is 13.1. The number of hydrogen-bond donors (Lipinski definition) is 0. The maximum atomic E-state index is 13.1. The van der Waals surface area contributed by atoms with Gasteiger partial charge in [-0.25, -0.2) is 9.37 Å². The molecule has 1 saturated heterocycles. The molecule has 4 rings (SSSR count). The fourth-order valence-electron chi connectivity index (χ4n) is 3.23. The number of thiazole rings is 1. The minimum absolute atomic E-state index is 0.202. The molecular formula is C20H19FN2OS. The van der Waals surface area contributed by atoms with Gasteiger partial charge in [-0.15, -0.1) is 11.3 Å². The topological polar surface area (TPSA) is 33.2 Å². The van der Waals surface area contributed by atoms with E-state index < -0.39 is 0 Å². The van der Waals surface area contributed by atoms with Crippen molar-refractivity contribution >= 4 is 27.5 Å². The first-order chi connectivity index (χ1) is 12.2. The Bertz CT molecular complexity index is 898. The molecule has 0 spiro atoms. The Balaban J connectivity index is 1.55. The van der Waals surface area contributed by atoms with Gasteiger partial charge in [0, 0.05) is 18.7 Å². The van der Waals surface area contributed by atoms with Crippen LogP contribution in [0.1, 0.15) is 24.8 Å². The minimum atomic E-state index is -0.247. The van der Waals surface area contributed by atoms with Crippen LogP contribution in [0.5, 0.6) is 0 Å². The summed E-state index contributed by atoms with van der Waals surface area (Å²) in [6.45, 7) is 1.76. The number of aromatic nitrogens is 1. The summed E-state index contributed by atoms with van der Waals surface area (Å²) in [5, 5.41) is 0.870. The SMILES string of the molecule is O=C(Cc1ccc2sc(-c3ccc(F)cc3)nc2c1)N1CCCCC1. The van der Waals surface area contributed by atoms with Gasteiger partial charge < -0.3 is 4.90 Å². The Morgan fingerprint density at radius 2 is 1.84 bits per heavy atom. The van der Waals surface area contributed by atoms with Crippen molar-refractivity contribution in [3.8, 4) is 10.6 Å². The number of likely N-dealkylation sites (tertiary alicyclic amines) is 1. The molecule has 2 heterocycles. The summed E-state index contributed by atoms with van der Waals surface area (Å²) in [7, 11) is 0. The second kappa shape index (κ2) is 6.92. The number of piperidine rings is 1. The number of hydrogen-bond acceptors (Lipinski definition) is 3. The van der Waals surface area contributed by atoms with E-state index in [1.807, 2.05) is 23.1 Å². The summed E-state index contributed by atoms with van der Waals surface area (Å²) in [5.41, 5.74) is 2.81. The number of fused-ring (bicyclic) bond motifs is 1. The van der Waals surface area contributed by atoms with E-state index in [1.165, 1.54) is 18.6 Å². The van der Waals surface area contributed by atoms with Gasteiger partial charge in [0.2, 0.25) is 5.91 Å². The molecule has 1 fully saturated rings. The molecule has 1 aliphatic rings. The molecule has 3 aromatic rings. The minimum Gasteiger partial charge on any atom is -0.342 e. The molecule has 5 heteroatoms. The summed E-state index contributed by atoms with van der Waals surface area (Å²) in [6, 6.07) is 12.4. The highest BCUT2D eigenvalue weighted by Gasteiger charge is 2.17. The Morgan fingerprint density at radius 3 is 2.60 bits per heavy atom. The molecule has 0 aliphatic carbocycles. The highest BCUT2D eigenvalue weighted by Crippen LogP contribution is 2.31. The number of rotatable bonds is 3. The Labute approximate surface area is 150 Å². The molecule has 0 bridgehead atoms. The van der Waals surface area contributed by atoms with E-state index in [4.69, 9.17) is 0 Å². The zero-order chi connectivity index (χ0) is 17.2. The van der Waals surface area contributed by atoms with Crippen molar-refractivity contribution in [3.05, 3.63) is 53.8 Å². The fraction of sp³-hybridized carbons (Fsp3) is 0.300. The van der Waals surface area contributed by atoms with Crippen LogP contribution in [0.2, 0.25) is 0 Å². The van der Waals surface area contributed by atoms with E-state index in [1.54, 1.807) is 23.5 Å². The highest BCUT2D eigenvalue weighted by atomic mass is 32.1. The molecule has 25 heavy (non-hydrogen) atoms. The predicted molar refractivity (Wildman–Crippen MR) is 99.1 cm³/mol. The number of carbonyl (C=O) groups is 1. The third kappa shape index (κ3) is 3.56. The number of amides is 1. The van der Waals surface area contributed by atoms with Gasteiger partial charge in [0.1, 0.15) is 10.8 Å². The van der Waals surface area contributed by atoms with Gasteiger partial charge in [-0.1, -0.05) is 6.07 Å². The van der Waals surface area contributed by atoms with Crippen LogP contribution in [0.15, 0.2) is 42.5 Å². The van der Waals surface area contributed by atoms with Gasteiger partial charge in [0.15, 0.2) is 0 Å². The van der Waals surface area contributed by atoms with E-state index in [-0.39, 0.29) is 11.7 Å². The fourth-order valence-corrected chi connectivity index (χ4v) is 4.18. The van der Waals surface area contributed by atoms with E-state index in [0.717, 1.165) is 52.3 Å².